The van der Waals surface area contributed by atoms with E-state index >= 15 is 0 Å². The molecule has 5 nitrogen and oxygen atoms in total. The molecular weight excluding hydrogens is 156 g/mol. The number of hydrogen-bond acceptors (Lipinski definition) is 4. The summed E-state index contributed by atoms with van der Waals surface area (Å²) in [5.41, 5.74) is 0.0335. The minimum absolute atomic E-state index is 0.0335. The fraction of sp³-hybridized carbons (Fsp3) is 0.429. The van der Waals surface area contributed by atoms with Crippen LogP contribution < -0.4 is 10.4 Å². The predicted octanol–water partition coefficient (Wildman–Crippen LogP) is -0.0257. The van der Waals surface area contributed by atoms with Crippen LogP contribution >= 0.6 is 0 Å². The maximum Gasteiger partial charge on any atom is 0.166 e. The van der Waals surface area contributed by atoms with Gasteiger partial charge in [0.1, 0.15) is 11.6 Å². The Labute approximate surface area is 70.4 Å². The molecule has 0 atom stereocenters. The monoisotopic (exact) mass is 168 g/mol. The molecule has 0 amide bonds. The summed E-state index contributed by atoms with van der Waals surface area (Å²) >= 11 is 0. The Morgan fingerprint density at radius 2 is 2.17 bits per heavy atom. The van der Waals surface area contributed by atoms with Crippen LogP contribution in [-0.4, -0.2) is 29.0 Å². The Morgan fingerprint density at radius 3 is 2.58 bits per heavy atom. The molecule has 0 fully saturated rings. The van der Waals surface area contributed by atoms with Crippen molar-refractivity contribution in [3.63, 3.8) is 0 Å². The highest BCUT2D eigenvalue weighted by Gasteiger charge is 2.01. The van der Waals surface area contributed by atoms with Crippen LogP contribution in [0.2, 0.25) is 0 Å². The smallest absolute Gasteiger partial charge is 0.166 e. The van der Waals surface area contributed by atoms with Gasteiger partial charge in [0.05, 0.1) is 0 Å². The molecule has 0 spiro atoms. The molecule has 5 heteroatoms. The Hall–Kier alpha value is -1.52. The second-order valence-electron chi connectivity index (χ2n) is 2.75. The highest BCUT2D eigenvalue weighted by Crippen LogP contribution is 2.02. The molecule has 0 aliphatic rings. The van der Waals surface area contributed by atoms with Crippen molar-refractivity contribution in [3.05, 3.63) is 17.4 Å². The minimum Gasteiger partial charge on any atom is -0.425 e. The van der Waals surface area contributed by atoms with Crippen LogP contribution in [0.1, 0.15) is 5.82 Å². The van der Waals surface area contributed by atoms with Crippen molar-refractivity contribution in [2.45, 2.75) is 6.92 Å². The summed E-state index contributed by atoms with van der Waals surface area (Å²) in [6.07, 6.45) is 0. The van der Waals surface area contributed by atoms with Gasteiger partial charge in [0.15, 0.2) is 5.49 Å². The summed E-state index contributed by atoms with van der Waals surface area (Å²) in [6, 6.07) is 1.49. The topological polar surface area (TPSA) is 65.1 Å². The fourth-order valence-electron chi connectivity index (χ4n) is 0.832. The molecule has 1 heterocycles. The Bertz CT molecular complexity index is 342. The molecule has 1 rings (SSSR count). The second kappa shape index (κ2) is 2.84. The highest BCUT2D eigenvalue weighted by atomic mass is 16.5. The van der Waals surface area contributed by atoms with E-state index in [-0.39, 0.29) is 5.49 Å². The lowest BCUT2D eigenvalue weighted by atomic mass is 10.5. The molecule has 0 aliphatic carbocycles. The van der Waals surface area contributed by atoms with Gasteiger partial charge in [0.2, 0.25) is 0 Å². The molecule has 0 saturated heterocycles. The van der Waals surface area contributed by atoms with Crippen LogP contribution in [0.4, 0.5) is 5.82 Å². The Kier molecular flexibility index (Phi) is 2.03. The number of nitrogens with one attached hydrogen (secondary N) is 1. The van der Waals surface area contributed by atoms with Gasteiger partial charge in [-0.1, -0.05) is 0 Å². The average Bonchev–Trinajstić information content (AvgIpc) is 1.99. The number of aryl methyl sites for hydroxylation is 1. The number of anilines is 1. The minimum atomic E-state index is 0.0335. The molecule has 0 aromatic carbocycles. The standard InChI is InChI=1S/C7H12N4O/c1-5-9-7(10(2)3)4-6(8)11(5)12/h4,8,12H,1-3H3. The zero-order valence-electron chi connectivity index (χ0n) is 7.37. The summed E-state index contributed by atoms with van der Waals surface area (Å²) in [5.74, 6) is 1.08. The lowest BCUT2D eigenvalue weighted by Crippen LogP contribution is -2.24. The van der Waals surface area contributed by atoms with Crippen molar-refractivity contribution in [3.8, 4) is 0 Å². The van der Waals surface area contributed by atoms with Gasteiger partial charge in [-0.05, 0) is 6.92 Å². The molecular formula is C7H12N4O. The van der Waals surface area contributed by atoms with Gasteiger partial charge in [-0.25, -0.2) is 4.98 Å². The maximum atomic E-state index is 9.16. The zero-order valence-corrected chi connectivity index (χ0v) is 7.37. The molecule has 0 radical (unpaired) electrons. The van der Waals surface area contributed by atoms with Gasteiger partial charge < -0.3 is 10.1 Å². The molecule has 0 aliphatic heterocycles. The van der Waals surface area contributed by atoms with Crippen molar-refractivity contribution in [1.82, 2.24) is 9.71 Å². The van der Waals surface area contributed by atoms with Crippen LogP contribution in [0, 0.1) is 12.3 Å². The third kappa shape index (κ3) is 1.39. The second-order valence-corrected chi connectivity index (χ2v) is 2.75. The quantitative estimate of drug-likeness (QED) is 0.579. The lowest BCUT2D eigenvalue weighted by molar-refractivity contribution is 0.159. The first-order valence-corrected chi connectivity index (χ1v) is 3.54. The third-order valence-electron chi connectivity index (χ3n) is 1.54. The normalized spacial score (nSPS) is 9.92. The summed E-state index contributed by atoms with van der Waals surface area (Å²) in [4.78, 5) is 5.83. The molecule has 0 saturated carbocycles. The lowest BCUT2D eigenvalue weighted by Gasteiger charge is -2.12. The third-order valence-corrected chi connectivity index (χ3v) is 1.54. The Balaban J connectivity index is 3.31. The van der Waals surface area contributed by atoms with E-state index in [0.717, 1.165) is 4.73 Å². The van der Waals surface area contributed by atoms with Crippen molar-refractivity contribution in [1.29, 1.82) is 5.41 Å². The van der Waals surface area contributed by atoms with Crippen LogP contribution in [0.25, 0.3) is 0 Å². The van der Waals surface area contributed by atoms with E-state index in [9.17, 15) is 0 Å². The van der Waals surface area contributed by atoms with Gasteiger partial charge in [0, 0.05) is 20.2 Å². The molecule has 0 unspecified atom stereocenters. The van der Waals surface area contributed by atoms with Gasteiger partial charge in [0.25, 0.3) is 0 Å². The van der Waals surface area contributed by atoms with E-state index in [1.807, 2.05) is 14.1 Å². The average molecular weight is 168 g/mol. The fourth-order valence-corrected chi connectivity index (χ4v) is 0.832. The molecule has 2 N–H and O–H groups in total. The van der Waals surface area contributed by atoms with Crippen LogP contribution in [0.15, 0.2) is 6.07 Å². The summed E-state index contributed by atoms with van der Waals surface area (Å²) < 4.78 is 0.743. The van der Waals surface area contributed by atoms with E-state index < -0.39 is 0 Å². The number of rotatable bonds is 1. The van der Waals surface area contributed by atoms with E-state index in [1.54, 1.807) is 11.8 Å². The first kappa shape index (κ1) is 8.58. The van der Waals surface area contributed by atoms with Crippen LogP contribution in [0.5, 0.6) is 0 Å². The van der Waals surface area contributed by atoms with Crippen molar-refractivity contribution >= 4 is 5.82 Å². The largest absolute Gasteiger partial charge is 0.425 e. The summed E-state index contributed by atoms with van der Waals surface area (Å²) in [6.45, 7) is 1.64. The molecule has 66 valence electrons. The Morgan fingerprint density at radius 1 is 1.58 bits per heavy atom. The maximum absolute atomic E-state index is 9.16. The zero-order chi connectivity index (χ0) is 9.30. The van der Waals surface area contributed by atoms with Crippen LogP contribution in [0.3, 0.4) is 0 Å². The van der Waals surface area contributed by atoms with Gasteiger partial charge in [-0.15, -0.1) is 0 Å². The van der Waals surface area contributed by atoms with Crippen molar-refractivity contribution < 1.29 is 5.21 Å². The summed E-state index contributed by atoms with van der Waals surface area (Å²) in [5, 5.41) is 16.5. The number of hydrogen-bond donors (Lipinski definition) is 2. The SMILES string of the molecule is Cc1nc(N(C)C)cc(=N)n1O. The number of aromatic nitrogens is 2. The van der Waals surface area contributed by atoms with E-state index in [4.69, 9.17) is 10.6 Å². The van der Waals surface area contributed by atoms with Gasteiger partial charge >= 0.3 is 0 Å². The van der Waals surface area contributed by atoms with Crippen LogP contribution in [-0.2, 0) is 0 Å². The molecule has 12 heavy (non-hydrogen) atoms. The predicted molar refractivity (Wildman–Crippen MR) is 44.3 cm³/mol. The van der Waals surface area contributed by atoms with Gasteiger partial charge in [-0.3, -0.25) is 5.41 Å². The van der Waals surface area contributed by atoms with E-state index in [0.29, 0.717) is 11.6 Å². The van der Waals surface area contributed by atoms with E-state index in [2.05, 4.69) is 4.98 Å². The van der Waals surface area contributed by atoms with Crippen molar-refractivity contribution in [2.75, 3.05) is 19.0 Å². The number of nitrogens with zero attached hydrogens (tertiary/aromatic N) is 3. The molecule has 1 aromatic heterocycles. The van der Waals surface area contributed by atoms with E-state index in [1.165, 1.54) is 6.07 Å². The highest BCUT2D eigenvalue weighted by molar-refractivity contribution is 5.34. The van der Waals surface area contributed by atoms with Crippen molar-refractivity contribution in [2.24, 2.45) is 0 Å². The first-order chi connectivity index (χ1) is 5.52. The molecule has 1 aromatic rings. The summed E-state index contributed by atoms with van der Waals surface area (Å²) in [7, 11) is 3.67. The molecule has 0 bridgehead atoms. The first-order valence-electron chi connectivity index (χ1n) is 3.54. The van der Waals surface area contributed by atoms with Gasteiger partial charge in [-0.2, -0.15) is 4.73 Å².